The topological polar surface area (TPSA) is 69.6 Å². The molecule has 0 spiro atoms. The minimum absolute atomic E-state index is 0.311. The molecule has 4 nitrogen and oxygen atoms in total. The first-order valence-electron chi connectivity index (χ1n) is 1.72. The Morgan fingerprint density at radius 3 is 2.62 bits per heavy atom. The van der Waals surface area contributed by atoms with E-state index < -0.39 is 11.4 Å². The highest BCUT2D eigenvalue weighted by molar-refractivity contribution is 7.74. The van der Waals surface area contributed by atoms with E-state index in [-0.39, 0.29) is 12.4 Å². The maximum Gasteiger partial charge on any atom is 0.119 e. The standard InChI is InChI=1S/C3H6O4S/c1-3(4)2-7-8(5)6/h4H,1-2H2,(H,5,6)/p-1. The van der Waals surface area contributed by atoms with Gasteiger partial charge in [0.2, 0.25) is 0 Å². The molecule has 0 aromatic heterocycles. The van der Waals surface area contributed by atoms with Crippen LogP contribution >= 0.6 is 0 Å². The van der Waals surface area contributed by atoms with Gasteiger partial charge in [0.1, 0.15) is 12.4 Å². The van der Waals surface area contributed by atoms with Crippen molar-refractivity contribution in [2.45, 2.75) is 0 Å². The first-order chi connectivity index (χ1) is 3.63. The Kier molecular flexibility index (Phi) is 3.42. The van der Waals surface area contributed by atoms with E-state index in [4.69, 9.17) is 5.11 Å². The Labute approximate surface area is 49.3 Å². The van der Waals surface area contributed by atoms with Crippen LogP contribution in [-0.4, -0.2) is 20.5 Å². The average molecular weight is 137 g/mol. The fourth-order valence-electron chi connectivity index (χ4n) is 0.116. The Morgan fingerprint density at radius 2 is 2.50 bits per heavy atom. The highest BCUT2D eigenvalue weighted by Crippen LogP contribution is 1.85. The van der Waals surface area contributed by atoms with Gasteiger partial charge in [0.15, 0.2) is 0 Å². The van der Waals surface area contributed by atoms with Crippen LogP contribution in [0.2, 0.25) is 0 Å². The molecule has 1 N–H and O–H groups in total. The van der Waals surface area contributed by atoms with Crippen molar-refractivity contribution in [3.05, 3.63) is 12.3 Å². The van der Waals surface area contributed by atoms with Crippen molar-refractivity contribution >= 4 is 11.4 Å². The summed E-state index contributed by atoms with van der Waals surface area (Å²) in [7, 11) is 0. The molecule has 8 heavy (non-hydrogen) atoms. The minimum atomic E-state index is -2.56. The van der Waals surface area contributed by atoms with Gasteiger partial charge in [-0.25, -0.2) is 4.21 Å². The van der Waals surface area contributed by atoms with Crippen LogP contribution in [-0.2, 0) is 15.5 Å². The van der Waals surface area contributed by atoms with Gasteiger partial charge in [-0.05, 0) is 0 Å². The van der Waals surface area contributed by atoms with Gasteiger partial charge < -0.3 is 9.66 Å². The second-order valence-electron chi connectivity index (χ2n) is 1.03. The van der Waals surface area contributed by atoms with Gasteiger partial charge in [0.05, 0.1) is 11.4 Å². The molecule has 0 radical (unpaired) electrons. The molecule has 0 fully saturated rings. The van der Waals surface area contributed by atoms with Crippen molar-refractivity contribution in [1.29, 1.82) is 0 Å². The van der Waals surface area contributed by atoms with E-state index in [1.54, 1.807) is 0 Å². The third-order valence-electron chi connectivity index (χ3n) is 0.322. The molecule has 1 atom stereocenters. The van der Waals surface area contributed by atoms with Crippen molar-refractivity contribution in [2.75, 3.05) is 6.61 Å². The van der Waals surface area contributed by atoms with Crippen LogP contribution in [0.3, 0.4) is 0 Å². The summed E-state index contributed by atoms with van der Waals surface area (Å²) in [6.45, 7) is 2.62. The van der Waals surface area contributed by atoms with Gasteiger partial charge in [-0.3, -0.25) is 4.18 Å². The van der Waals surface area contributed by atoms with Crippen molar-refractivity contribution in [1.82, 2.24) is 0 Å². The summed E-state index contributed by atoms with van der Waals surface area (Å²) in [5.41, 5.74) is 0. The molecule has 0 aromatic rings. The second kappa shape index (κ2) is 3.59. The van der Waals surface area contributed by atoms with Crippen LogP contribution in [0.15, 0.2) is 12.3 Å². The normalized spacial score (nSPS) is 13.1. The average Bonchev–Trinajstić information content (AvgIpc) is 1.61. The van der Waals surface area contributed by atoms with Gasteiger partial charge in [-0.1, -0.05) is 6.58 Å². The van der Waals surface area contributed by atoms with E-state index >= 15 is 0 Å². The molecule has 0 saturated heterocycles. The summed E-state index contributed by atoms with van der Waals surface area (Å²) >= 11 is -2.56. The molecule has 0 aliphatic carbocycles. The van der Waals surface area contributed by atoms with Crippen LogP contribution in [0.1, 0.15) is 0 Å². The molecule has 48 valence electrons. The van der Waals surface area contributed by atoms with Crippen molar-refractivity contribution in [3.63, 3.8) is 0 Å². The minimum Gasteiger partial charge on any atom is -0.750 e. The Balaban J connectivity index is 3.18. The van der Waals surface area contributed by atoms with Crippen LogP contribution in [0.5, 0.6) is 0 Å². The third-order valence-corrected chi connectivity index (χ3v) is 0.632. The van der Waals surface area contributed by atoms with Crippen molar-refractivity contribution < 1.29 is 18.1 Å². The molecule has 0 heterocycles. The van der Waals surface area contributed by atoms with E-state index in [9.17, 15) is 8.76 Å². The highest BCUT2D eigenvalue weighted by Gasteiger charge is 1.86. The number of rotatable bonds is 3. The van der Waals surface area contributed by atoms with E-state index in [0.717, 1.165) is 0 Å². The summed E-state index contributed by atoms with van der Waals surface area (Å²) in [5, 5.41) is 8.21. The molecule has 5 heteroatoms. The SMILES string of the molecule is C=C(O)COS(=O)[O-]. The van der Waals surface area contributed by atoms with E-state index in [2.05, 4.69) is 10.8 Å². The zero-order valence-electron chi connectivity index (χ0n) is 3.99. The lowest BCUT2D eigenvalue weighted by Gasteiger charge is -2.02. The lowest BCUT2D eigenvalue weighted by atomic mass is 10.6. The van der Waals surface area contributed by atoms with E-state index in [0.29, 0.717) is 0 Å². The van der Waals surface area contributed by atoms with E-state index in [1.807, 2.05) is 0 Å². The largest absolute Gasteiger partial charge is 0.750 e. The van der Waals surface area contributed by atoms with E-state index in [1.165, 1.54) is 0 Å². The Bertz CT molecular complexity index is 95.9. The Hall–Kier alpha value is -0.390. The number of aliphatic hydroxyl groups excluding tert-OH is 1. The monoisotopic (exact) mass is 137 g/mol. The maximum absolute atomic E-state index is 9.53. The summed E-state index contributed by atoms with van der Waals surface area (Å²) in [6, 6.07) is 0. The molecule has 0 aliphatic rings. The lowest BCUT2D eigenvalue weighted by molar-refractivity contribution is 0.265. The zero-order valence-corrected chi connectivity index (χ0v) is 4.81. The number of hydrogen-bond acceptors (Lipinski definition) is 4. The first-order valence-corrected chi connectivity index (χ1v) is 2.72. The van der Waals surface area contributed by atoms with Crippen molar-refractivity contribution in [3.8, 4) is 0 Å². The molecule has 0 aromatic carbocycles. The summed E-state index contributed by atoms with van der Waals surface area (Å²) in [5.74, 6) is -0.311. The van der Waals surface area contributed by atoms with Gasteiger partial charge in [-0.15, -0.1) is 0 Å². The van der Waals surface area contributed by atoms with Crippen LogP contribution in [0.4, 0.5) is 0 Å². The van der Waals surface area contributed by atoms with Crippen LogP contribution in [0, 0.1) is 0 Å². The molecular formula is C3H5O4S-. The number of hydrogen-bond donors (Lipinski definition) is 1. The van der Waals surface area contributed by atoms with Gasteiger partial charge in [-0.2, -0.15) is 0 Å². The van der Waals surface area contributed by atoms with Crippen molar-refractivity contribution in [2.24, 2.45) is 0 Å². The molecule has 0 amide bonds. The molecule has 0 bridgehead atoms. The molecule has 0 rings (SSSR count). The fourth-order valence-corrected chi connectivity index (χ4v) is 0.348. The predicted molar refractivity (Wildman–Crippen MR) is 26.6 cm³/mol. The summed E-state index contributed by atoms with van der Waals surface area (Å²) in [6.07, 6.45) is 0. The van der Waals surface area contributed by atoms with Gasteiger partial charge in [0, 0.05) is 0 Å². The smallest absolute Gasteiger partial charge is 0.119 e. The van der Waals surface area contributed by atoms with Crippen LogP contribution < -0.4 is 0 Å². The molecule has 0 saturated carbocycles. The second-order valence-corrected chi connectivity index (χ2v) is 1.68. The molecular weight excluding hydrogens is 132 g/mol. The predicted octanol–water partition coefficient (Wildman–Crippen LogP) is -0.131. The van der Waals surface area contributed by atoms with Gasteiger partial charge >= 0.3 is 0 Å². The third kappa shape index (κ3) is 5.61. The maximum atomic E-state index is 9.53. The fraction of sp³-hybridized carbons (Fsp3) is 0.333. The summed E-state index contributed by atoms with van der Waals surface area (Å²) in [4.78, 5) is 0. The molecule has 0 aliphatic heterocycles. The quantitative estimate of drug-likeness (QED) is 0.434. The Morgan fingerprint density at radius 1 is 2.00 bits per heavy atom. The zero-order chi connectivity index (χ0) is 6.57. The first kappa shape index (κ1) is 7.61. The lowest BCUT2D eigenvalue weighted by Crippen LogP contribution is -1.98. The molecule has 1 unspecified atom stereocenters. The summed E-state index contributed by atoms with van der Waals surface area (Å²) < 4.78 is 22.9. The van der Waals surface area contributed by atoms with Gasteiger partial charge in [0.25, 0.3) is 0 Å². The van der Waals surface area contributed by atoms with Crippen LogP contribution in [0.25, 0.3) is 0 Å². The highest BCUT2D eigenvalue weighted by atomic mass is 32.2. The number of aliphatic hydroxyl groups is 1.